The van der Waals surface area contributed by atoms with Crippen molar-refractivity contribution in [2.45, 2.75) is 183 Å². The molecular formula is C73H81F4N2NaO18S3. The van der Waals surface area contributed by atoms with E-state index in [1.165, 1.54) is 74.7 Å². The second-order valence-corrected chi connectivity index (χ2v) is 33.1. The topological polar surface area (TPSA) is 350 Å². The second kappa shape index (κ2) is 28.1. The van der Waals surface area contributed by atoms with Crippen LogP contribution in [0.4, 0.5) is 33.7 Å². The number of carbonyl (C=O) groups is 5. The molecule has 6 saturated carbocycles. The fourth-order valence-electron chi connectivity index (χ4n) is 18.0. The van der Waals surface area contributed by atoms with Crippen LogP contribution in [0.5, 0.6) is 0 Å². The first-order valence-corrected chi connectivity index (χ1v) is 35.9. The number of hydrogen-bond acceptors (Lipinski definition) is 21. The molecule has 10 N–H and O–H groups in total. The third kappa shape index (κ3) is 13.1. The summed E-state index contributed by atoms with van der Waals surface area (Å²) < 4.78 is 116. The van der Waals surface area contributed by atoms with E-state index < -0.39 is 175 Å². The molecule has 0 bridgehead atoms. The van der Waals surface area contributed by atoms with Crippen molar-refractivity contribution in [3.63, 3.8) is 0 Å². The number of allylic oxidation sites excluding steroid dienone is 8. The maximum atomic E-state index is 17.5. The molecule has 1 aliphatic heterocycles. The van der Waals surface area contributed by atoms with E-state index in [0.717, 1.165) is 37.8 Å². The van der Waals surface area contributed by atoms with Gasteiger partial charge in [0.05, 0.1) is 24.4 Å². The summed E-state index contributed by atoms with van der Waals surface area (Å²) in [6, 6.07) is 28.1. The minimum atomic E-state index is -4.81. The maximum Gasteiger partial charge on any atom is 1.00 e. The van der Waals surface area contributed by atoms with Gasteiger partial charge in [-0.05, 0) is 187 Å². The minimum absolute atomic E-state index is 0. The van der Waals surface area contributed by atoms with E-state index in [2.05, 4.69) is 5.32 Å². The van der Waals surface area contributed by atoms with E-state index in [-0.39, 0.29) is 84.8 Å². The van der Waals surface area contributed by atoms with Crippen molar-refractivity contribution in [1.29, 1.82) is 0 Å². The van der Waals surface area contributed by atoms with Gasteiger partial charge in [-0.2, -0.15) is 0 Å². The molecule has 20 nitrogen and oxygen atoms in total. The molecule has 0 spiro atoms. The van der Waals surface area contributed by atoms with E-state index in [1.807, 2.05) is 54.6 Å². The molecule has 4 aromatic carbocycles. The van der Waals surface area contributed by atoms with Crippen LogP contribution in [0, 0.1) is 45.3 Å². The predicted molar refractivity (Wildman–Crippen MR) is 358 cm³/mol. The van der Waals surface area contributed by atoms with Crippen LogP contribution >= 0.6 is 23.5 Å². The van der Waals surface area contributed by atoms with Gasteiger partial charge in [-0.3, -0.25) is 24.5 Å². The number of benzene rings is 4. The molecule has 4 aromatic rings. The van der Waals surface area contributed by atoms with E-state index in [0.29, 0.717) is 16.9 Å². The summed E-state index contributed by atoms with van der Waals surface area (Å²) in [5.41, 5.74) is -9.25. The Labute approximate surface area is 612 Å². The van der Waals surface area contributed by atoms with Gasteiger partial charge in [0.1, 0.15) is 41.3 Å². The normalized spacial score (nSPS) is 37.3. The zero-order chi connectivity index (χ0) is 73.0. The Hall–Kier alpha value is -5.44. The number of nitrogen functional groups attached to an aromatic ring is 1. The third-order valence-corrected chi connectivity index (χ3v) is 25.6. The van der Waals surface area contributed by atoms with Crippen LogP contribution in [0.1, 0.15) is 110 Å². The van der Waals surface area contributed by atoms with Crippen LogP contribution in [0.2, 0.25) is 0 Å². The summed E-state index contributed by atoms with van der Waals surface area (Å²) in [7, 11) is -4.81. The number of Topliss-reactive ketones (excluding diaryl/α,β-unsaturated/α-hetero) is 2. The average Bonchev–Trinajstić information content (AvgIpc) is 1.61. The summed E-state index contributed by atoms with van der Waals surface area (Å²) in [5.74, 6) is -5.98. The number of ether oxygens (including phenoxy) is 3. The number of halogens is 4. The molecule has 0 radical (unpaired) electrons. The van der Waals surface area contributed by atoms with Crippen LogP contribution in [0.15, 0.2) is 164 Å². The van der Waals surface area contributed by atoms with Crippen molar-refractivity contribution in [1.82, 2.24) is 0 Å². The van der Waals surface area contributed by atoms with Crippen LogP contribution in [0.3, 0.4) is 0 Å². The van der Waals surface area contributed by atoms with Gasteiger partial charge in [0.2, 0.25) is 0 Å². The number of aliphatic hydroxyl groups excluding tert-OH is 6. The summed E-state index contributed by atoms with van der Waals surface area (Å²) in [6.07, 6.45) is -4.19. The van der Waals surface area contributed by atoms with E-state index in [1.54, 1.807) is 58.0 Å². The molecule has 28 heteroatoms. The van der Waals surface area contributed by atoms with Gasteiger partial charge in [-0.25, -0.2) is 30.8 Å². The van der Waals surface area contributed by atoms with Gasteiger partial charge in [-0.1, -0.05) is 85.9 Å². The Kier molecular flexibility index (Phi) is 21.8. The molecule has 101 heavy (non-hydrogen) atoms. The monoisotopic (exact) mass is 1470 g/mol. The standard InChI is InChI=1S/C34H35F2NO6S.C21H26F2O6.C18H21NO6S2.Na/c1-31-11-10-20(39)13-25(31)26(35)14-24-23-15-29-34(28(41)17-38,32(23,2)16-27(40)33(24,31)36)43-30(42-29)18-6-8-21(9-7-18)44-22-5-3-4-19(37)12-22;1-18-4-3-10(25)5-13(18)14(22)6-12-11-7-15(26)21(29,17(28)9-24)19(11,2)8-16(27)20(12,18)23;1-18(2,3)25-17(21)19-13-5-4-6-15(11-13)26-14-9-7-12(8-10-14)16(20)27(22,23)24;/h3-13,23-24,26-27,29-30,38,40H,14-17,37H2,1-2H3;3-5,11-12,14-16,24,26-27,29H,6-9H2,1-2H3;4-11,16,20H,1-3H3,(H,19,21)(H,22,23,24);/q;;;+1/p-1/t23-,24-,26-,27-,29+,30+,31-,32-,33-,34+;11-,12-,14-,15+,16-,18-,19-,20-,21-;;/m00../s1. The first-order valence-electron chi connectivity index (χ1n) is 32.8. The van der Waals surface area contributed by atoms with Crippen molar-refractivity contribution >= 4 is 74.2 Å². The smallest absolute Gasteiger partial charge is 0.746 e. The van der Waals surface area contributed by atoms with Crippen LogP contribution in [-0.2, 0) is 43.5 Å². The van der Waals surface area contributed by atoms with E-state index >= 15 is 17.6 Å². The molecule has 1 saturated heterocycles. The van der Waals surface area contributed by atoms with Gasteiger partial charge in [0, 0.05) is 70.0 Å². The zero-order valence-corrected chi connectivity index (χ0v) is 61.2. The van der Waals surface area contributed by atoms with Gasteiger partial charge < -0.3 is 60.2 Å². The predicted octanol–water partition coefficient (Wildman–Crippen LogP) is 6.36. The zero-order valence-electron chi connectivity index (χ0n) is 56.7. The molecule has 9 aliphatic rings. The molecule has 538 valence electrons. The van der Waals surface area contributed by atoms with Crippen molar-refractivity contribution < 1.29 is 134 Å². The molecule has 20 atom stereocenters. The first kappa shape index (κ1) is 78.2. The molecule has 1 unspecified atom stereocenters. The summed E-state index contributed by atoms with van der Waals surface area (Å²) >= 11 is 2.91. The Morgan fingerprint density at radius 1 is 0.693 bits per heavy atom. The van der Waals surface area contributed by atoms with Gasteiger partial charge in [0.15, 0.2) is 57.4 Å². The Bertz CT molecular complexity index is 4170. The fourth-order valence-corrected chi connectivity index (χ4v) is 20.3. The van der Waals surface area contributed by atoms with E-state index in [9.17, 15) is 72.7 Å². The molecule has 0 aromatic heterocycles. The average molecular weight is 1470 g/mol. The molecular weight excluding hydrogens is 1390 g/mol. The number of carbonyl (C=O) groups excluding carboxylic acids is 5. The van der Waals surface area contributed by atoms with Crippen molar-refractivity contribution in [2.24, 2.45) is 45.3 Å². The van der Waals surface area contributed by atoms with Gasteiger partial charge in [-0.15, -0.1) is 0 Å². The Morgan fingerprint density at radius 2 is 1.18 bits per heavy atom. The quantitative estimate of drug-likeness (QED) is 0.0322. The summed E-state index contributed by atoms with van der Waals surface area (Å²) in [6.45, 7) is 9.72. The number of alkyl halides is 4. The number of amides is 1. The number of ketones is 4. The SMILES string of the molecule is CC(C)(C)OC(=O)Nc1cccc(Sc2ccc(C(O)S(=O)(=O)[O-])cc2)c1.C[C@]12C=CC(=O)C=C1[C@@H](F)C[C@H]1[C@@H]3C[C@@H](O)[C@](O)(C(=O)CO)[C@@]3(C)C[C@H](O)[C@@]12F.C[C@]12C=CC(=O)C=C1[C@@H](F)C[C@H]1[C@@H]3C[C@H]4O[C@@H](c5ccc(Sc6cccc(N)c6)cc5)O[C@@]4(C(=O)CO)[C@@]3(C)C[C@H](O)[C@@]12F.[Na+]. The number of hydrogen-bond donors (Lipinski definition) is 9. The van der Waals surface area contributed by atoms with Crippen LogP contribution in [0.25, 0.3) is 0 Å². The summed E-state index contributed by atoms with van der Waals surface area (Å²) in [4.78, 5) is 65.3. The maximum absolute atomic E-state index is 17.5. The first-order chi connectivity index (χ1) is 46.7. The van der Waals surface area contributed by atoms with Gasteiger partial charge >= 0.3 is 35.7 Å². The molecule has 8 aliphatic carbocycles. The van der Waals surface area contributed by atoms with Crippen LogP contribution in [-0.4, -0.2) is 156 Å². The fraction of sp³-hybridized carbons (Fsp3) is 0.493. The summed E-state index contributed by atoms with van der Waals surface area (Å²) in [5, 5.41) is 75.9. The number of nitrogens with two attached hydrogens (primary N) is 1. The third-order valence-electron chi connectivity index (χ3n) is 22.7. The molecule has 1 heterocycles. The van der Waals surface area contributed by atoms with Crippen LogP contribution < -0.4 is 40.6 Å². The molecule has 1 amide bonds. The molecule has 13 rings (SSSR count). The number of rotatable bonds is 12. The Balaban J connectivity index is 0.000000170. The number of fused-ring (bicyclic) bond motifs is 12. The second-order valence-electron chi connectivity index (χ2n) is 29.4. The largest absolute Gasteiger partial charge is 1.00 e. The van der Waals surface area contributed by atoms with Crippen molar-refractivity contribution in [3.8, 4) is 0 Å². The van der Waals surface area contributed by atoms with Crippen molar-refractivity contribution in [3.05, 3.63) is 156 Å². The Morgan fingerprint density at radius 3 is 1.67 bits per heavy atom. The van der Waals surface area contributed by atoms with E-state index in [4.69, 9.17) is 19.9 Å². The number of aliphatic hydroxyl groups is 7. The minimum Gasteiger partial charge on any atom is -0.746 e. The number of nitrogens with one attached hydrogen (secondary N) is 1. The van der Waals surface area contributed by atoms with Crippen molar-refractivity contribution in [2.75, 3.05) is 24.3 Å². The van der Waals surface area contributed by atoms with Gasteiger partial charge in [0.25, 0.3) is 0 Å². The number of anilines is 2. The molecule has 7 fully saturated rings.